The van der Waals surface area contributed by atoms with Gasteiger partial charge in [-0.05, 0) is 47.7 Å². The first-order chi connectivity index (χ1) is 11.2. The summed E-state index contributed by atoms with van der Waals surface area (Å²) in [5, 5.41) is 15.4. The minimum absolute atomic E-state index is 0.182. The first-order valence-corrected chi connectivity index (χ1v) is 8.46. The Morgan fingerprint density at radius 3 is 2.83 bits per heavy atom. The maximum Gasteiger partial charge on any atom is 0.150 e. The van der Waals surface area contributed by atoms with Crippen LogP contribution in [0.3, 0.4) is 0 Å². The van der Waals surface area contributed by atoms with Gasteiger partial charge in [0.25, 0.3) is 0 Å². The fourth-order valence-electron chi connectivity index (χ4n) is 2.99. The Kier molecular flexibility index (Phi) is 3.46. The van der Waals surface area contributed by atoms with Crippen molar-refractivity contribution in [1.29, 1.82) is 0 Å². The van der Waals surface area contributed by atoms with E-state index >= 15 is 0 Å². The Balaban J connectivity index is 1.72. The lowest BCUT2D eigenvalue weighted by molar-refractivity contribution is 0.289. The van der Waals surface area contributed by atoms with Gasteiger partial charge in [-0.2, -0.15) is 0 Å². The Hall–Kier alpha value is -2.46. The van der Waals surface area contributed by atoms with Crippen LogP contribution in [0.15, 0.2) is 53.9 Å². The van der Waals surface area contributed by atoms with Crippen LogP contribution in [0, 0.1) is 6.92 Å². The highest BCUT2D eigenvalue weighted by molar-refractivity contribution is 7.10. The average Bonchev–Trinajstić information content (AvgIpc) is 3.00. The number of aromatic hydroxyl groups is 1. The number of ether oxygens (including phenoxy) is 1. The number of phenolic OH excluding ortho intramolecular Hbond substituents is 1. The van der Waals surface area contributed by atoms with Gasteiger partial charge in [-0.15, -0.1) is 11.3 Å². The summed E-state index contributed by atoms with van der Waals surface area (Å²) in [7, 11) is 0. The normalized spacial score (nSPS) is 16.3. The maximum atomic E-state index is 9.72. The van der Waals surface area contributed by atoms with E-state index in [0.29, 0.717) is 6.61 Å². The summed E-state index contributed by atoms with van der Waals surface area (Å²) < 4.78 is 6.10. The molecule has 2 N–H and O–H groups in total. The van der Waals surface area contributed by atoms with Crippen molar-refractivity contribution >= 4 is 17.0 Å². The van der Waals surface area contributed by atoms with E-state index in [1.165, 1.54) is 10.4 Å². The topological polar surface area (TPSA) is 41.5 Å². The van der Waals surface area contributed by atoms with Crippen LogP contribution in [0.4, 0.5) is 5.69 Å². The summed E-state index contributed by atoms with van der Waals surface area (Å²) in [5.41, 5.74) is 4.24. The third-order valence-corrected chi connectivity index (χ3v) is 5.25. The molecule has 1 aliphatic rings. The molecule has 2 heterocycles. The number of anilines is 1. The molecule has 3 aromatic rings. The molecule has 0 saturated carbocycles. The van der Waals surface area contributed by atoms with E-state index < -0.39 is 0 Å². The van der Waals surface area contributed by atoms with Gasteiger partial charge in [-0.3, -0.25) is 0 Å². The number of aryl methyl sites for hydroxylation is 1. The number of hydrogen-bond donors (Lipinski definition) is 2. The monoisotopic (exact) mass is 323 g/mol. The van der Waals surface area contributed by atoms with Crippen LogP contribution < -0.4 is 10.1 Å². The minimum Gasteiger partial charge on any atom is -0.508 e. The number of rotatable bonds is 2. The SMILES string of the molecule is Cc1ccsc1C1COc2c(cccc2-c2cccc(O)c2)N1. The van der Waals surface area contributed by atoms with Gasteiger partial charge in [0, 0.05) is 10.4 Å². The summed E-state index contributed by atoms with van der Waals surface area (Å²) in [6.07, 6.45) is 0. The number of phenols is 1. The van der Waals surface area contributed by atoms with Crippen molar-refractivity contribution in [2.45, 2.75) is 13.0 Å². The average molecular weight is 323 g/mol. The van der Waals surface area contributed by atoms with Crippen molar-refractivity contribution in [1.82, 2.24) is 0 Å². The van der Waals surface area contributed by atoms with E-state index in [1.54, 1.807) is 23.5 Å². The van der Waals surface area contributed by atoms with Crippen LogP contribution in [-0.4, -0.2) is 11.7 Å². The van der Waals surface area contributed by atoms with Gasteiger partial charge >= 0.3 is 0 Å². The van der Waals surface area contributed by atoms with Crippen molar-refractivity contribution in [3.63, 3.8) is 0 Å². The van der Waals surface area contributed by atoms with Gasteiger partial charge in [0.15, 0.2) is 0 Å². The number of para-hydroxylation sites is 1. The summed E-state index contributed by atoms with van der Waals surface area (Å²) in [6.45, 7) is 2.73. The van der Waals surface area contributed by atoms with Gasteiger partial charge < -0.3 is 15.2 Å². The van der Waals surface area contributed by atoms with Crippen molar-refractivity contribution < 1.29 is 9.84 Å². The second-order valence-corrected chi connectivity index (χ2v) is 6.66. The number of thiophene rings is 1. The lowest BCUT2D eigenvalue weighted by atomic mass is 10.0. The Morgan fingerprint density at radius 2 is 2.04 bits per heavy atom. The van der Waals surface area contributed by atoms with E-state index in [0.717, 1.165) is 22.6 Å². The first kappa shape index (κ1) is 14.2. The van der Waals surface area contributed by atoms with E-state index in [9.17, 15) is 5.11 Å². The molecule has 0 saturated heterocycles. The number of fused-ring (bicyclic) bond motifs is 1. The predicted molar refractivity (Wildman–Crippen MR) is 94.5 cm³/mol. The van der Waals surface area contributed by atoms with Crippen LogP contribution in [-0.2, 0) is 0 Å². The lowest BCUT2D eigenvalue weighted by Gasteiger charge is -2.29. The molecule has 0 spiro atoms. The third kappa shape index (κ3) is 2.55. The van der Waals surface area contributed by atoms with E-state index in [4.69, 9.17) is 4.74 Å². The van der Waals surface area contributed by atoms with Gasteiger partial charge in [-0.1, -0.05) is 24.3 Å². The minimum atomic E-state index is 0.182. The zero-order chi connectivity index (χ0) is 15.8. The molecule has 1 atom stereocenters. The molecule has 23 heavy (non-hydrogen) atoms. The molecule has 1 aromatic heterocycles. The number of nitrogens with one attached hydrogen (secondary N) is 1. The highest BCUT2D eigenvalue weighted by Gasteiger charge is 2.24. The molecular formula is C19H17NO2S. The smallest absolute Gasteiger partial charge is 0.150 e. The van der Waals surface area contributed by atoms with Crippen LogP contribution >= 0.6 is 11.3 Å². The van der Waals surface area contributed by atoms with Crippen LogP contribution in [0.2, 0.25) is 0 Å². The molecule has 1 unspecified atom stereocenters. The Bertz CT molecular complexity index is 856. The summed E-state index contributed by atoms with van der Waals surface area (Å²) in [5.74, 6) is 1.11. The lowest BCUT2D eigenvalue weighted by Crippen LogP contribution is -2.24. The van der Waals surface area contributed by atoms with Gasteiger partial charge in [0.1, 0.15) is 18.1 Å². The van der Waals surface area contributed by atoms with Crippen molar-refractivity contribution in [2.24, 2.45) is 0 Å². The van der Waals surface area contributed by atoms with Crippen LogP contribution in [0.1, 0.15) is 16.5 Å². The molecule has 0 amide bonds. The van der Waals surface area contributed by atoms with Crippen LogP contribution in [0.5, 0.6) is 11.5 Å². The molecule has 0 radical (unpaired) electrons. The van der Waals surface area contributed by atoms with Crippen molar-refractivity contribution in [3.8, 4) is 22.6 Å². The summed E-state index contributed by atoms with van der Waals surface area (Å²) in [4.78, 5) is 1.32. The Morgan fingerprint density at radius 1 is 1.17 bits per heavy atom. The molecule has 3 nitrogen and oxygen atoms in total. The van der Waals surface area contributed by atoms with Gasteiger partial charge in [0.05, 0.1) is 11.7 Å². The molecule has 4 rings (SSSR count). The Labute approximate surface area is 139 Å². The quantitative estimate of drug-likeness (QED) is 0.699. The molecule has 0 bridgehead atoms. The molecule has 0 aliphatic carbocycles. The van der Waals surface area contributed by atoms with E-state index in [1.807, 2.05) is 30.3 Å². The summed E-state index contributed by atoms with van der Waals surface area (Å²) >= 11 is 1.76. The predicted octanol–water partition coefficient (Wildman–Crippen LogP) is 4.97. The van der Waals surface area contributed by atoms with E-state index in [-0.39, 0.29) is 11.8 Å². The third-order valence-electron chi connectivity index (χ3n) is 4.11. The maximum absolute atomic E-state index is 9.72. The highest BCUT2D eigenvalue weighted by Crippen LogP contribution is 2.42. The van der Waals surface area contributed by atoms with Crippen LogP contribution in [0.25, 0.3) is 11.1 Å². The van der Waals surface area contributed by atoms with Crippen molar-refractivity contribution in [2.75, 3.05) is 11.9 Å². The summed E-state index contributed by atoms with van der Waals surface area (Å²) in [6, 6.07) is 15.7. The molecule has 2 aromatic carbocycles. The van der Waals surface area contributed by atoms with E-state index in [2.05, 4.69) is 23.7 Å². The fraction of sp³-hybridized carbons (Fsp3) is 0.158. The number of hydrogen-bond acceptors (Lipinski definition) is 4. The first-order valence-electron chi connectivity index (χ1n) is 7.58. The molecule has 0 fully saturated rings. The number of benzene rings is 2. The van der Waals surface area contributed by atoms with Gasteiger partial charge in [0.2, 0.25) is 0 Å². The second-order valence-electron chi connectivity index (χ2n) is 5.71. The largest absolute Gasteiger partial charge is 0.508 e. The van der Waals surface area contributed by atoms with Gasteiger partial charge in [-0.25, -0.2) is 0 Å². The molecule has 116 valence electrons. The fourth-order valence-corrected chi connectivity index (χ4v) is 3.95. The van der Waals surface area contributed by atoms with Crippen molar-refractivity contribution in [3.05, 3.63) is 64.4 Å². The molecule has 1 aliphatic heterocycles. The zero-order valence-corrected chi connectivity index (χ0v) is 13.6. The zero-order valence-electron chi connectivity index (χ0n) is 12.7. The molecular weight excluding hydrogens is 306 g/mol. The second kappa shape index (κ2) is 5.63. The standard InChI is InChI=1S/C19H17NO2S/c1-12-8-9-23-19(12)17-11-22-18-15(6-3-7-16(18)20-17)13-4-2-5-14(21)10-13/h2-10,17,20-21H,11H2,1H3. The highest BCUT2D eigenvalue weighted by atomic mass is 32.1. The molecule has 4 heteroatoms.